The van der Waals surface area contributed by atoms with Crippen LogP contribution < -0.4 is 0 Å². The van der Waals surface area contributed by atoms with Crippen LogP contribution >= 0.6 is 0 Å². The van der Waals surface area contributed by atoms with E-state index >= 15 is 4.39 Å². The van der Waals surface area contributed by atoms with Crippen LogP contribution in [0.3, 0.4) is 0 Å². The molecule has 0 radical (unpaired) electrons. The molecule has 32 atom stereocenters. The van der Waals surface area contributed by atoms with E-state index in [9.17, 15) is 50.0 Å². The Hall–Kier alpha value is -1.30. The zero-order valence-corrected chi connectivity index (χ0v) is 80.9. The van der Waals surface area contributed by atoms with Gasteiger partial charge in [0.15, 0.2) is 30.9 Å². The fourth-order valence-electron chi connectivity index (χ4n) is 28.4. The van der Waals surface area contributed by atoms with Crippen LogP contribution in [0.2, 0.25) is 0 Å². The molecule has 17 fully saturated rings. The van der Waals surface area contributed by atoms with E-state index in [4.69, 9.17) is 38.2 Å². The van der Waals surface area contributed by atoms with Gasteiger partial charge in [0.1, 0.15) is 43.1 Å². The predicted molar refractivity (Wildman–Crippen MR) is 504 cm³/mol. The van der Waals surface area contributed by atoms with Crippen molar-refractivity contribution in [2.45, 2.75) is 512 Å². The van der Waals surface area contributed by atoms with Crippen LogP contribution in [0, 0.1) is 136 Å². The molecule has 0 aromatic heterocycles. The van der Waals surface area contributed by atoms with Crippen molar-refractivity contribution in [3.05, 3.63) is 0 Å². The Labute approximate surface area is 781 Å². The first-order valence-electron chi connectivity index (χ1n) is 52.5. The molecule has 15 nitrogen and oxygen atoms in total. The molecule has 12 N–H and O–H groups in total. The van der Waals surface area contributed by atoms with E-state index < -0.39 is 110 Å². The van der Waals surface area contributed by atoms with Gasteiger partial charge in [-0.05, 0) is 362 Å². The molecule has 5 aliphatic heterocycles. The number of hydrogen-bond donors (Lipinski definition) is 2. The van der Waals surface area contributed by atoms with Crippen LogP contribution in [0.15, 0.2) is 0 Å². The van der Waals surface area contributed by atoms with Crippen molar-refractivity contribution >= 4 is 0 Å². The summed E-state index contributed by atoms with van der Waals surface area (Å²) >= 11 is 0. The summed E-state index contributed by atoms with van der Waals surface area (Å²) in [6.07, 6.45) is 34.1. The number of hydrogen-bond acceptors (Lipinski definition) is 10. The van der Waals surface area contributed by atoms with E-state index in [1.165, 1.54) is 122 Å². The maximum Gasteiger partial charge on any atom is 0.158 e. The number of alkyl halides is 10. The smallest absolute Gasteiger partial charge is 0.158 e. The quantitative estimate of drug-likeness (QED) is 0.0789. The van der Waals surface area contributed by atoms with Crippen LogP contribution in [0.4, 0.5) is 43.9 Å². The lowest BCUT2D eigenvalue weighted by Gasteiger charge is -2.48. The van der Waals surface area contributed by atoms with Crippen molar-refractivity contribution in [2.24, 2.45) is 136 Å². The third-order valence-electron chi connectivity index (χ3n) is 37.0. The lowest BCUT2D eigenvalue weighted by Crippen LogP contribution is -2.55. The number of ether oxygens (including phenoxy) is 6. The summed E-state index contributed by atoms with van der Waals surface area (Å²) in [7, 11) is 0. The summed E-state index contributed by atoms with van der Waals surface area (Å²) in [6.45, 7) is 21.5. The van der Waals surface area contributed by atoms with Gasteiger partial charge < -0.3 is 55.8 Å². The Morgan fingerprint density at radius 1 is 0.271 bits per heavy atom. The summed E-state index contributed by atoms with van der Waals surface area (Å²) in [4.78, 5) is 9.68. The second kappa shape index (κ2) is 53.9. The summed E-state index contributed by atoms with van der Waals surface area (Å²) in [6, 6.07) is 0. The highest BCUT2D eigenvalue weighted by Crippen LogP contribution is 2.53. The van der Waals surface area contributed by atoms with Crippen molar-refractivity contribution in [2.75, 3.05) is 6.61 Å². The van der Waals surface area contributed by atoms with Crippen LogP contribution in [0.5, 0.6) is 0 Å². The molecular weight excluding hydrogens is 1680 g/mol. The van der Waals surface area contributed by atoms with Crippen molar-refractivity contribution in [3.63, 3.8) is 0 Å². The molecule has 25 heteroatoms. The Morgan fingerprint density at radius 2 is 0.581 bits per heavy atom. The van der Waals surface area contributed by atoms with Crippen molar-refractivity contribution in [1.29, 1.82) is 0 Å². The second-order valence-corrected chi connectivity index (χ2v) is 46.2. The molecule has 12 saturated carbocycles. The fraction of sp³-hybridized carbons (Fsp3) is 1.00. The first-order chi connectivity index (χ1) is 59.6. The number of rotatable bonds is 17. The van der Waals surface area contributed by atoms with Crippen LogP contribution in [-0.2, 0) is 38.2 Å². The second-order valence-electron chi connectivity index (χ2n) is 46.2. The minimum atomic E-state index is -1.61. The minimum Gasteiger partial charge on any atom is -0.412 e. The first-order valence-corrected chi connectivity index (χ1v) is 52.5. The molecule has 17 aliphatic rings. The van der Waals surface area contributed by atoms with Crippen LogP contribution in [0.1, 0.15) is 381 Å². The number of halogens is 10. The molecule has 129 heavy (non-hydrogen) atoms. The Balaban J connectivity index is 0.000000835. The van der Waals surface area contributed by atoms with E-state index in [0.717, 1.165) is 226 Å². The molecular formula is C104H198F10O15. The van der Waals surface area contributed by atoms with Crippen molar-refractivity contribution in [1.82, 2.24) is 0 Å². The average Bonchev–Trinajstić information content (AvgIpc) is 0.773. The molecule has 774 valence electrons. The molecule has 0 aromatic carbocycles. The van der Waals surface area contributed by atoms with Gasteiger partial charge >= 0.3 is 0 Å². The van der Waals surface area contributed by atoms with Gasteiger partial charge in [-0.3, -0.25) is 10.5 Å². The molecule has 32 unspecified atom stereocenters. The van der Waals surface area contributed by atoms with Gasteiger partial charge in [0.05, 0.1) is 73.8 Å². The lowest BCUT2D eigenvalue weighted by atomic mass is 9.65. The molecule has 0 aromatic rings. The average molecular weight is 1880 g/mol. The standard InChI is InChI=1S/C25H42F2O.C24H40F2O3.C19H32F2O.C18H30F2O3.C18H30F2O2.5H2O.7H2/c1-16-3-9-19(10-4-16)20-12-6-18(7-13-20)8-14-21-15-22-11-5-17(2)28-25(22)24(27)23(21)26;1-14-3-6-16(7-4-14)17-9-11-18(12-10-17)23(29-27)20-13-19-8-5-15(2)28-24(19)22(26)21(20)25;1-12-3-5-14(6-4-12)7-9-16-10-8-15-11-13(2)17(20)18(21)19(15)22-16;1-10-3-5-12(6-4-10)17(23-21)14-8-7-13-9-11(2)15(19)16(20)18(13)22-14;1-11-3-6-14(7-4-11)21-10-15-8-5-13-9-12(2)16(19)17(20)18(13)22-15;;;;;;;;;;;;/h16-25H,3-15H2,1-2H3;14-24,27H,3-13H2,1-2H3;12-19H,3-11H2,1-2H3;10-18,21H,3-9H2,1-2H3;11-18H,3-10H2,1-2H3;5*1H2;7*1H. The summed E-state index contributed by atoms with van der Waals surface area (Å²) in [5.74, 6) is 9.29. The SMILES string of the molecule is CC1CCC(C(OO)C2CCC3CC(C)C(F)C(F)C3O2)CC1.CC1CCC(C2CCC(C(OO)C3CC4CCC(C)OC4C(F)C3F)CC2)CC1.CC1CCC(C2CCC(CCC3CC4CCC(C)OC4C(F)C3F)CC2)CC1.CC1CCC(CCC2CCC3CC(C)C(F)C(F)C3O2)CC1.CC1CCC(OCC2CCC3CC(C)C(F)C(F)C3O2)CC1.O.O.O.O.O.[HH].[HH].[HH].[HH].[HH].[HH].[HH]. The van der Waals surface area contributed by atoms with Gasteiger partial charge in [-0.2, -0.15) is 0 Å². The maximum absolute atomic E-state index is 15.1. The molecule has 12 aliphatic carbocycles. The zero-order chi connectivity index (χ0) is 88.2. The lowest BCUT2D eigenvalue weighted by molar-refractivity contribution is -0.327. The molecule has 0 bridgehead atoms. The van der Waals surface area contributed by atoms with Crippen molar-refractivity contribution < 1.29 is 130 Å². The monoisotopic (exact) mass is 1880 g/mol. The topological polar surface area (TPSA) is 272 Å². The van der Waals surface area contributed by atoms with E-state index in [1.54, 1.807) is 6.92 Å². The summed E-state index contributed by atoms with van der Waals surface area (Å²) in [5.41, 5.74) is 0. The molecule has 5 saturated heterocycles. The Bertz CT molecular complexity index is 2970. The Morgan fingerprint density at radius 3 is 1.04 bits per heavy atom. The van der Waals surface area contributed by atoms with Crippen LogP contribution in [0.25, 0.3) is 0 Å². The molecule has 0 spiro atoms. The normalized spacial score (nSPS) is 47.9. The highest BCUT2D eigenvalue weighted by atomic mass is 19.2. The molecule has 0 amide bonds. The van der Waals surface area contributed by atoms with E-state index in [-0.39, 0.29) is 133 Å². The number of fused-ring (bicyclic) bond motifs is 5. The zero-order valence-electron chi connectivity index (χ0n) is 80.9. The van der Waals surface area contributed by atoms with Gasteiger partial charge in [-0.25, -0.2) is 53.7 Å². The van der Waals surface area contributed by atoms with E-state index in [2.05, 4.69) is 34.6 Å². The van der Waals surface area contributed by atoms with Gasteiger partial charge in [0.25, 0.3) is 0 Å². The highest BCUT2D eigenvalue weighted by Gasteiger charge is 2.56. The largest absolute Gasteiger partial charge is 0.412 e. The van der Waals surface area contributed by atoms with Gasteiger partial charge in [-0.1, -0.05) is 139 Å². The maximum atomic E-state index is 15.1. The molecule has 17 rings (SSSR count). The summed E-state index contributed by atoms with van der Waals surface area (Å²) < 4.78 is 180. The highest BCUT2D eigenvalue weighted by molar-refractivity contribution is 5.04. The van der Waals surface area contributed by atoms with Gasteiger partial charge in [0.2, 0.25) is 0 Å². The minimum absolute atomic E-state index is 0. The fourth-order valence-corrected chi connectivity index (χ4v) is 28.4. The third-order valence-corrected chi connectivity index (χ3v) is 37.0. The van der Waals surface area contributed by atoms with Gasteiger partial charge in [-0.15, -0.1) is 0 Å². The van der Waals surface area contributed by atoms with Crippen molar-refractivity contribution in [3.8, 4) is 0 Å². The Kier molecular flexibility index (Phi) is 47.2. The molecule has 5 heterocycles. The first kappa shape index (κ1) is 113. The third kappa shape index (κ3) is 29.9. The van der Waals surface area contributed by atoms with E-state index in [1.807, 2.05) is 27.7 Å². The van der Waals surface area contributed by atoms with Gasteiger partial charge in [0, 0.05) is 15.9 Å². The summed E-state index contributed by atoms with van der Waals surface area (Å²) in [5, 5.41) is 19.1. The van der Waals surface area contributed by atoms with Crippen LogP contribution in [-0.4, -0.2) is 186 Å². The van der Waals surface area contributed by atoms with E-state index in [0.29, 0.717) is 31.5 Å². The predicted octanol–water partition coefficient (Wildman–Crippen LogP) is 25.7.